The molecule has 0 atom stereocenters. The van der Waals surface area contributed by atoms with E-state index in [-0.39, 0.29) is 36.8 Å². The largest absolute Gasteiger partial charge is 0.466 e. The highest BCUT2D eigenvalue weighted by Gasteiger charge is 2.34. The topological polar surface area (TPSA) is 88.1 Å². The van der Waals surface area contributed by atoms with Gasteiger partial charge in [-0.05, 0) is 36.4 Å². The van der Waals surface area contributed by atoms with Crippen LogP contribution in [0.3, 0.4) is 0 Å². The summed E-state index contributed by atoms with van der Waals surface area (Å²) < 4.78 is 23.6. The van der Waals surface area contributed by atoms with Crippen LogP contribution in [-0.4, -0.2) is 48.7 Å². The van der Waals surface area contributed by atoms with Gasteiger partial charge in [-0.3, -0.25) is 4.79 Å². The number of ether oxygens (including phenoxy) is 2. The van der Waals surface area contributed by atoms with Gasteiger partial charge in [-0.25, -0.2) is 9.18 Å². The van der Waals surface area contributed by atoms with Crippen LogP contribution in [0.1, 0.15) is 0 Å². The molecule has 0 radical (unpaired) electrons. The Balaban J connectivity index is 1.90. The molecule has 2 aromatic rings. The van der Waals surface area contributed by atoms with E-state index >= 15 is 0 Å². The van der Waals surface area contributed by atoms with Crippen molar-refractivity contribution in [3.8, 4) is 11.5 Å². The first-order valence-corrected chi connectivity index (χ1v) is 8.54. The number of aliphatic hydroxyl groups is 1. The minimum Gasteiger partial charge on any atom is -0.466 e. The van der Waals surface area contributed by atoms with E-state index in [4.69, 9.17) is 14.6 Å². The van der Waals surface area contributed by atoms with Crippen LogP contribution >= 0.6 is 0 Å². The third-order valence-corrected chi connectivity index (χ3v) is 4.14. The fraction of sp³-hybridized carbons (Fsp3) is 0.200. The molecule has 1 aliphatic heterocycles. The minimum atomic E-state index is -0.631. The number of hydrogen-bond donors (Lipinski definition) is 2. The second kappa shape index (κ2) is 8.53. The normalized spacial score (nSPS) is 13.7. The van der Waals surface area contributed by atoms with E-state index in [1.54, 1.807) is 24.3 Å². The molecule has 0 bridgehead atoms. The predicted molar refractivity (Wildman–Crippen MR) is 99.2 cm³/mol. The molecule has 0 spiro atoms. The van der Waals surface area contributed by atoms with Crippen molar-refractivity contribution in [1.82, 2.24) is 4.90 Å². The number of halogens is 1. The predicted octanol–water partition coefficient (Wildman–Crippen LogP) is 2.29. The van der Waals surface area contributed by atoms with Gasteiger partial charge in [0.25, 0.3) is 5.91 Å². The van der Waals surface area contributed by atoms with Gasteiger partial charge < -0.3 is 24.8 Å². The van der Waals surface area contributed by atoms with E-state index in [0.29, 0.717) is 17.2 Å². The highest BCUT2D eigenvalue weighted by atomic mass is 19.1. The van der Waals surface area contributed by atoms with Crippen molar-refractivity contribution in [2.45, 2.75) is 0 Å². The lowest BCUT2D eigenvalue weighted by molar-refractivity contribution is -0.136. The number of benzene rings is 2. The smallest absolute Gasteiger partial charge is 0.337 e. The number of methoxy groups -OCH3 is 1. The molecular formula is C20H19FN2O5. The number of anilines is 1. The Labute approximate surface area is 161 Å². The van der Waals surface area contributed by atoms with Crippen LogP contribution in [0, 0.1) is 5.82 Å². The highest BCUT2D eigenvalue weighted by Crippen LogP contribution is 2.32. The van der Waals surface area contributed by atoms with E-state index in [0.717, 1.165) is 0 Å². The molecule has 2 N–H and O–H groups in total. The molecule has 0 saturated carbocycles. The van der Waals surface area contributed by atoms with Gasteiger partial charge in [0, 0.05) is 6.54 Å². The monoisotopic (exact) mass is 386 g/mol. The van der Waals surface area contributed by atoms with E-state index in [1.807, 2.05) is 0 Å². The van der Waals surface area contributed by atoms with Crippen molar-refractivity contribution in [1.29, 1.82) is 0 Å². The van der Waals surface area contributed by atoms with Gasteiger partial charge >= 0.3 is 5.97 Å². The summed E-state index contributed by atoms with van der Waals surface area (Å²) in [6.07, 6.45) is 0. The van der Waals surface area contributed by atoms with E-state index in [1.165, 1.54) is 36.3 Å². The summed E-state index contributed by atoms with van der Waals surface area (Å²) in [4.78, 5) is 26.1. The lowest BCUT2D eigenvalue weighted by Gasteiger charge is -2.16. The molecule has 28 heavy (non-hydrogen) atoms. The first-order chi connectivity index (χ1) is 13.5. The summed E-state index contributed by atoms with van der Waals surface area (Å²) >= 11 is 0. The average molecular weight is 386 g/mol. The van der Waals surface area contributed by atoms with Gasteiger partial charge in [0.2, 0.25) is 0 Å². The number of hydrogen-bond acceptors (Lipinski definition) is 6. The zero-order chi connectivity index (χ0) is 20.1. The maximum absolute atomic E-state index is 13.1. The number of nitrogens with zero attached hydrogens (tertiary/aromatic N) is 1. The van der Waals surface area contributed by atoms with Gasteiger partial charge in [0.05, 0.1) is 31.5 Å². The zero-order valence-electron chi connectivity index (χ0n) is 15.1. The van der Waals surface area contributed by atoms with Crippen LogP contribution in [-0.2, 0) is 14.3 Å². The number of esters is 1. The Bertz CT molecular complexity index is 911. The molecule has 146 valence electrons. The van der Waals surface area contributed by atoms with Gasteiger partial charge in [-0.1, -0.05) is 12.1 Å². The van der Waals surface area contributed by atoms with Crippen molar-refractivity contribution in [3.05, 3.63) is 65.6 Å². The molecule has 8 heteroatoms. The van der Waals surface area contributed by atoms with E-state index in [9.17, 15) is 14.0 Å². The lowest BCUT2D eigenvalue weighted by atomic mass is 10.2. The molecule has 1 amide bonds. The molecule has 1 aliphatic rings. The number of aliphatic hydroxyl groups excluding tert-OH is 1. The van der Waals surface area contributed by atoms with Crippen molar-refractivity contribution < 1.29 is 28.6 Å². The van der Waals surface area contributed by atoms with Crippen molar-refractivity contribution >= 4 is 17.6 Å². The Morgan fingerprint density at radius 3 is 2.61 bits per heavy atom. The third kappa shape index (κ3) is 4.12. The second-order valence-corrected chi connectivity index (χ2v) is 5.97. The number of carbonyl (C=O) groups is 2. The maximum atomic E-state index is 13.1. The van der Waals surface area contributed by atoms with Crippen LogP contribution in [0.2, 0.25) is 0 Å². The summed E-state index contributed by atoms with van der Waals surface area (Å²) in [6, 6.07) is 12.4. The number of β-amino-alcohol motifs (C(OH)–C–C–N with tert-alkyl or cyclic N) is 1. The molecule has 0 saturated heterocycles. The van der Waals surface area contributed by atoms with E-state index in [2.05, 4.69) is 5.32 Å². The Morgan fingerprint density at radius 2 is 1.93 bits per heavy atom. The molecule has 0 aliphatic carbocycles. The van der Waals surface area contributed by atoms with Gasteiger partial charge in [-0.15, -0.1) is 0 Å². The van der Waals surface area contributed by atoms with Crippen LogP contribution in [0.4, 0.5) is 10.1 Å². The summed E-state index contributed by atoms with van der Waals surface area (Å²) in [5, 5.41) is 12.1. The summed E-state index contributed by atoms with van der Waals surface area (Å²) in [5.41, 5.74) is 0.676. The first kappa shape index (κ1) is 19.4. The standard InChI is InChI=1S/C20H19FN2O5/c1-27-20(26)15-12-23(10-11-24)19(25)18(15)22-16-4-2-3-5-17(16)28-14-8-6-13(21)7-9-14/h2-9,22,24H,10-12H2,1H3. The molecular weight excluding hydrogens is 367 g/mol. The molecule has 7 nitrogen and oxygen atoms in total. The van der Waals surface area contributed by atoms with Gasteiger partial charge in [0.15, 0.2) is 5.75 Å². The maximum Gasteiger partial charge on any atom is 0.337 e. The fourth-order valence-corrected chi connectivity index (χ4v) is 2.77. The Morgan fingerprint density at radius 1 is 1.21 bits per heavy atom. The Kier molecular flexibility index (Phi) is 5.90. The third-order valence-electron chi connectivity index (χ3n) is 4.14. The number of para-hydroxylation sites is 2. The van der Waals surface area contributed by atoms with Gasteiger partial charge in [0.1, 0.15) is 17.3 Å². The molecule has 0 fully saturated rings. The van der Waals surface area contributed by atoms with Crippen LogP contribution in [0.5, 0.6) is 11.5 Å². The molecule has 0 aromatic heterocycles. The minimum absolute atomic E-state index is 0.0371. The number of carbonyl (C=O) groups excluding carboxylic acids is 2. The SMILES string of the molecule is COC(=O)C1=C(Nc2ccccc2Oc2ccc(F)cc2)C(=O)N(CCO)C1. The molecule has 1 heterocycles. The molecule has 3 rings (SSSR count). The lowest BCUT2D eigenvalue weighted by Crippen LogP contribution is -2.31. The van der Waals surface area contributed by atoms with E-state index < -0.39 is 11.9 Å². The summed E-state index contributed by atoms with van der Waals surface area (Å²) in [5.74, 6) is -0.636. The Hall–Kier alpha value is -3.39. The first-order valence-electron chi connectivity index (χ1n) is 8.54. The van der Waals surface area contributed by atoms with Crippen molar-refractivity contribution in [2.75, 3.05) is 32.1 Å². The number of nitrogens with one attached hydrogen (secondary N) is 1. The average Bonchev–Trinajstić information content (AvgIpc) is 3.01. The van der Waals surface area contributed by atoms with Crippen molar-refractivity contribution in [3.63, 3.8) is 0 Å². The highest BCUT2D eigenvalue weighted by molar-refractivity contribution is 6.08. The van der Waals surface area contributed by atoms with Crippen molar-refractivity contribution in [2.24, 2.45) is 0 Å². The quantitative estimate of drug-likeness (QED) is 0.710. The van der Waals surface area contributed by atoms with Crippen LogP contribution in [0.25, 0.3) is 0 Å². The fourth-order valence-electron chi connectivity index (χ4n) is 2.77. The van der Waals surface area contributed by atoms with Crippen LogP contribution < -0.4 is 10.1 Å². The number of amides is 1. The summed E-state index contributed by atoms with van der Waals surface area (Å²) in [7, 11) is 1.23. The zero-order valence-corrected chi connectivity index (χ0v) is 15.1. The summed E-state index contributed by atoms with van der Waals surface area (Å²) in [6.45, 7) is -0.0919. The second-order valence-electron chi connectivity index (χ2n) is 5.97. The number of rotatable bonds is 7. The van der Waals surface area contributed by atoms with Gasteiger partial charge in [-0.2, -0.15) is 0 Å². The molecule has 2 aromatic carbocycles. The molecule has 0 unspecified atom stereocenters. The van der Waals surface area contributed by atoms with Crippen LogP contribution in [0.15, 0.2) is 59.8 Å².